The first-order valence-corrected chi connectivity index (χ1v) is 9.02. The number of aromatic nitrogens is 1. The second-order valence-corrected chi connectivity index (χ2v) is 6.20. The molecule has 0 bridgehead atoms. The summed E-state index contributed by atoms with van der Waals surface area (Å²) < 4.78 is 2.11. The van der Waals surface area contributed by atoms with E-state index in [2.05, 4.69) is 33.1 Å². The number of nitrogens with zero attached hydrogens (tertiary/aromatic N) is 3. The van der Waals surface area contributed by atoms with Gasteiger partial charge in [0.1, 0.15) is 0 Å². The molecule has 7 heteroatoms. The number of carbonyl (C=O) groups excluding carboxylic acids is 1. The highest BCUT2D eigenvalue weighted by Crippen LogP contribution is 2.08. The minimum absolute atomic E-state index is 0. The molecule has 148 valence electrons. The number of benzene rings is 1. The smallest absolute Gasteiger partial charge is 0.251 e. The van der Waals surface area contributed by atoms with E-state index in [-0.39, 0.29) is 29.9 Å². The van der Waals surface area contributed by atoms with Crippen LogP contribution >= 0.6 is 24.0 Å². The van der Waals surface area contributed by atoms with Crippen LogP contribution in [0.4, 0.5) is 0 Å². The molecule has 0 spiro atoms. The molecule has 0 aliphatic carbocycles. The van der Waals surface area contributed by atoms with Crippen molar-refractivity contribution in [1.29, 1.82) is 0 Å². The molecule has 0 atom stereocenters. The summed E-state index contributed by atoms with van der Waals surface area (Å²) in [7, 11) is 4.07. The molecule has 1 aromatic heterocycles. The molecule has 0 saturated carbocycles. The van der Waals surface area contributed by atoms with Gasteiger partial charge in [-0.05, 0) is 43.7 Å². The van der Waals surface area contributed by atoms with Crippen LogP contribution in [0.5, 0.6) is 0 Å². The van der Waals surface area contributed by atoms with Gasteiger partial charge in [-0.3, -0.25) is 4.79 Å². The SMILES string of the molecule is CCNC(=O)c1cccc(CN=C(NCC)N(C)Cc2cccn2C)c1.I. The second kappa shape index (κ2) is 11.6. The van der Waals surface area contributed by atoms with Gasteiger partial charge in [0.2, 0.25) is 0 Å². The van der Waals surface area contributed by atoms with Crippen molar-refractivity contribution in [3.05, 3.63) is 59.4 Å². The fourth-order valence-corrected chi connectivity index (χ4v) is 2.69. The molecule has 0 saturated heterocycles. The maximum Gasteiger partial charge on any atom is 0.251 e. The van der Waals surface area contributed by atoms with Crippen molar-refractivity contribution in [2.45, 2.75) is 26.9 Å². The molecule has 0 radical (unpaired) electrons. The van der Waals surface area contributed by atoms with Crippen LogP contribution in [0.3, 0.4) is 0 Å². The molecule has 0 unspecified atom stereocenters. The molecule has 1 heterocycles. The van der Waals surface area contributed by atoms with E-state index in [1.54, 1.807) is 0 Å². The highest BCUT2D eigenvalue weighted by Gasteiger charge is 2.09. The predicted molar refractivity (Wildman–Crippen MR) is 122 cm³/mol. The number of hydrogen-bond donors (Lipinski definition) is 2. The van der Waals surface area contributed by atoms with Gasteiger partial charge in [-0.25, -0.2) is 4.99 Å². The van der Waals surface area contributed by atoms with Crippen molar-refractivity contribution in [3.8, 4) is 0 Å². The molecule has 2 N–H and O–H groups in total. The third-order valence-corrected chi connectivity index (χ3v) is 4.08. The van der Waals surface area contributed by atoms with E-state index in [1.165, 1.54) is 5.69 Å². The Morgan fingerprint density at radius 1 is 1.15 bits per heavy atom. The first kappa shape index (κ1) is 23.0. The summed E-state index contributed by atoms with van der Waals surface area (Å²) in [5, 5.41) is 6.15. The highest BCUT2D eigenvalue weighted by molar-refractivity contribution is 14.0. The van der Waals surface area contributed by atoms with E-state index in [0.717, 1.165) is 24.6 Å². The minimum Gasteiger partial charge on any atom is -0.357 e. The predicted octanol–water partition coefficient (Wildman–Crippen LogP) is 2.99. The Kier molecular flexibility index (Phi) is 9.92. The first-order valence-electron chi connectivity index (χ1n) is 9.02. The third-order valence-electron chi connectivity index (χ3n) is 4.08. The lowest BCUT2D eigenvalue weighted by Crippen LogP contribution is -2.38. The molecule has 0 aliphatic rings. The van der Waals surface area contributed by atoms with Crippen LogP contribution in [0.15, 0.2) is 47.6 Å². The van der Waals surface area contributed by atoms with Gasteiger partial charge in [-0.2, -0.15) is 0 Å². The molecule has 1 aromatic carbocycles. The van der Waals surface area contributed by atoms with E-state index in [9.17, 15) is 4.79 Å². The number of rotatable bonds is 7. The molecule has 2 aromatic rings. The topological polar surface area (TPSA) is 61.7 Å². The lowest BCUT2D eigenvalue weighted by Gasteiger charge is -2.22. The average molecular weight is 483 g/mol. The Bertz CT molecular complexity index is 756. The summed E-state index contributed by atoms with van der Waals surface area (Å²) in [6.07, 6.45) is 2.04. The lowest BCUT2D eigenvalue weighted by atomic mass is 10.1. The maximum absolute atomic E-state index is 12.0. The standard InChI is InChI=1S/C20H29N5O.HI/c1-5-21-19(26)17-10-7-9-16(13-17)14-23-20(22-6-2)25(4)15-18-11-8-12-24(18)3;/h7-13H,5-6,14-15H2,1-4H3,(H,21,26)(H,22,23);1H. The molecule has 27 heavy (non-hydrogen) atoms. The van der Waals surface area contributed by atoms with E-state index in [0.29, 0.717) is 18.7 Å². The zero-order valence-corrected chi connectivity index (χ0v) is 18.9. The van der Waals surface area contributed by atoms with Gasteiger partial charge in [0.25, 0.3) is 5.91 Å². The second-order valence-electron chi connectivity index (χ2n) is 6.20. The van der Waals surface area contributed by atoms with E-state index in [4.69, 9.17) is 4.99 Å². The van der Waals surface area contributed by atoms with Crippen molar-refractivity contribution in [3.63, 3.8) is 0 Å². The highest BCUT2D eigenvalue weighted by atomic mass is 127. The van der Waals surface area contributed by atoms with Crippen molar-refractivity contribution in [2.75, 3.05) is 20.1 Å². The van der Waals surface area contributed by atoms with Crippen LogP contribution in [0.1, 0.15) is 35.5 Å². The Labute approximate surface area is 179 Å². The third kappa shape index (κ3) is 6.89. The zero-order valence-electron chi connectivity index (χ0n) is 16.5. The summed E-state index contributed by atoms with van der Waals surface area (Å²) in [6, 6.07) is 11.8. The number of nitrogens with one attached hydrogen (secondary N) is 2. The summed E-state index contributed by atoms with van der Waals surface area (Å²) >= 11 is 0. The minimum atomic E-state index is -0.0499. The molecule has 1 amide bonds. The molecule has 0 aliphatic heterocycles. The maximum atomic E-state index is 12.0. The number of aliphatic imine (C=N–C) groups is 1. The summed E-state index contributed by atoms with van der Waals surface area (Å²) in [6.45, 7) is 6.69. The van der Waals surface area contributed by atoms with Crippen LogP contribution in [0.2, 0.25) is 0 Å². The number of amides is 1. The quantitative estimate of drug-likeness (QED) is 0.362. The Hall–Kier alpha value is -2.03. The zero-order chi connectivity index (χ0) is 18.9. The van der Waals surface area contributed by atoms with E-state index < -0.39 is 0 Å². The van der Waals surface area contributed by atoms with Crippen LogP contribution in [0.25, 0.3) is 0 Å². The van der Waals surface area contributed by atoms with Crippen molar-refractivity contribution in [1.82, 2.24) is 20.1 Å². The van der Waals surface area contributed by atoms with Gasteiger partial charge in [-0.15, -0.1) is 24.0 Å². The van der Waals surface area contributed by atoms with Crippen LogP contribution in [0, 0.1) is 0 Å². The summed E-state index contributed by atoms with van der Waals surface area (Å²) in [4.78, 5) is 18.8. The number of carbonyl (C=O) groups is 1. The van der Waals surface area contributed by atoms with Crippen LogP contribution in [-0.2, 0) is 20.1 Å². The lowest BCUT2D eigenvalue weighted by molar-refractivity contribution is 0.0955. The van der Waals surface area contributed by atoms with Gasteiger partial charge in [0.15, 0.2) is 5.96 Å². The average Bonchev–Trinajstić information content (AvgIpc) is 3.03. The molecule has 0 fully saturated rings. The molecular weight excluding hydrogens is 453 g/mol. The largest absolute Gasteiger partial charge is 0.357 e. The molecule has 2 rings (SSSR count). The van der Waals surface area contributed by atoms with Gasteiger partial charge in [-0.1, -0.05) is 12.1 Å². The fraction of sp³-hybridized carbons (Fsp3) is 0.400. The monoisotopic (exact) mass is 483 g/mol. The normalized spacial score (nSPS) is 10.9. The molecule has 6 nitrogen and oxygen atoms in total. The van der Waals surface area contributed by atoms with Crippen LogP contribution in [-0.4, -0.2) is 41.5 Å². The van der Waals surface area contributed by atoms with Gasteiger partial charge >= 0.3 is 0 Å². The fourth-order valence-electron chi connectivity index (χ4n) is 2.69. The number of aryl methyl sites for hydroxylation is 1. The summed E-state index contributed by atoms with van der Waals surface area (Å²) in [5.74, 6) is 0.795. The van der Waals surface area contributed by atoms with E-state index in [1.807, 2.05) is 57.5 Å². The van der Waals surface area contributed by atoms with Crippen LogP contribution < -0.4 is 10.6 Å². The Morgan fingerprint density at radius 3 is 2.52 bits per heavy atom. The molecular formula is C20H30IN5O. The Balaban J connectivity index is 0.00000364. The van der Waals surface area contributed by atoms with Crippen molar-refractivity contribution in [2.24, 2.45) is 12.0 Å². The van der Waals surface area contributed by atoms with E-state index >= 15 is 0 Å². The Morgan fingerprint density at radius 2 is 1.89 bits per heavy atom. The number of hydrogen-bond acceptors (Lipinski definition) is 2. The van der Waals surface area contributed by atoms with Gasteiger partial charge in [0.05, 0.1) is 13.1 Å². The first-order chi connectivity index (χ1) is 12.5. The van der Waals surface area contributed by atoms with Gasteiger partial charge < -0.3 is 20.1 Å². The van der Waals surface area contributed by atoms with Gasteiger partial charge in [0, 0.05) is 44.6 Å². The van der Waals surface area contributed by atoms with Crippen molar-refractivity contribution >= 4 is 35.8 Å². The number of halogens is 1. The number of guanidine groups is 1. The van der Waals surface area contributed by atoms with Crippen molar-refractivity contribution < 1.29 is 4.79 Å². The summed E-state index contributed by atoms with van der Waals surface area (Å²) in [5.41, 5.74) is 2.90.